The quantitative estimate of drug-likeness (QED) is 0.103. The van der Waals surface area contributed by atoms with E-state index in [1.165, 1.54) is 22.1 Å². The number of halogens is 3. The van der Waals surface area contributed by atoms with Crippen molar-refractivity contribution in [1.82, 2.24) is 35.7 Å². The van der Waals surface area contributed by atoms with E-state index in [2.05, 4.69) is 25.9 Å². The van der Waals surface area contributed by atoms with Crippen LogP contribution >= 0.6 is 11.3 Å². The van der Waals surface area contributed by atoms with Gasteiger partial charge in [-0.2, -0.15) is 18.4 Å². The molecule has 4 aromatic rings. The summed E-state index contributed by atoms with van der Waals surface area (Å²) in [6, 6.07) is 13.3. The standard InChI is InChI=1S/C52H62F3N9O8S/c1-30-42(73-29-59-30)32-11-9-31(10-12-32)24-58-45(69)38-21-35(65)26-64(38)46(70)43(49(2,3)4)60-40(66)28-71-20-19-62-17-18-63(41(67)27-62)39-16-14-34(25-57-39)44(68)61-47-50(5,6)48(51(47,7)8)72-36-15-13-33(23-56)37(22-36)52(53,54)55/h9-16,22,25,29,35,38,43,47-48,65H,17-21,24,26-28H2,1-8H3,(H,58,69)(H,60,66)(H,61,68)/t35-,38+,43?,47?,48?/m1/s1. The van der Waals surface area contributed by atoms with Gasteiger partial charge in [0.1, 0.15) is 36.4 Å². The molecule has 17 nitrogen and oxygen atoms in total. The number of nitrogens with one attached hydrogen (secondary N) is 3. The van der Waals surface area contributed by atoms with Gasteiger partial charge < -0.3 is 35.4 Å². The molecular weight excluding hydrogens is 968 g/mol. The number of likely N-dealkylation sites (tertiary alicyclic amines) is 1. The Morgan fingerprint density at radius 2 is 1.71 bits per heavy atom. The number of anilines is 1. The third-order valence-electron chi connectivity index (χ3n) is 13.9. The summed E-state index contributed by atoms with van der Waals surface area (Å²) in [6.45, 7) is 15.8. The van der Waals surface area contributed by atoms with Crippen LogP contribution in [0.2, 0.25) is 0 Å². The van der Waals surface area contributed by atoms with Gasteiger partial charge in [0.15, 0.2) is 0 Å². The highest BCUT2D eigenvalue weighted by Gasteiger charge is 2.64. The lowest BCUT2D eigenvalue weighted by molar-refractivity contribution is -0.164. The molecule has 2 saturated heterocycles. The van der Waals surface area contributed by atoms with Crippen molar-refractivity contribution in [3.63, 3.8) is 0 Å². The summed E-state index contributed by atoms with van der Waals surface area (Å²) >= 11 is 1.55. The van der Waals surface area contributed by atoms with Crippen molar-refractivity contribution in [3.05, 3.63) is 94.3 Å². The van der Waals surface area contributed by atoms with Gasteiger partial charge in [-0.05, 0) is 53.8 Å². The number of benzene rings is 2. The zero-order valence-electron chi connectivity index (χ0n) is 42.1. The molecule has 1 aliphatic carbocycles. The first-order valence-corrected chi connectivity index (χ1v) is 24.9. The Morgan fingerprint density at radius 1 is 1.00 bits per heavy atom. The van der Waals surface area contributed by atoms with Crippen molar-refractivity contribution in [2.24, 2.45) is 16.2 Å². The summed E-state index contributed by atoms with van der Waals surface area (Å²) in [6.07, 6.45) is -4.81. The van der Waals surface area contributed by atoms with E-state index >= 15 is 0 Å². The second-order valence-corrected chi connectivity index (χ2v) is 21.9. The molecule has 3 aliphatic rings. The lowest BCUT2D eigenvalue weighted by atomic mass is 9.49. The molecule has 21 heteroatoms. The number of nitrogens with zero attached hydrogens (tertiary/aromatic N) is 6. The van der Waals surface area contributed by atoms with Crippen LogP contribution in [-0.2, 0) is 36.6 Å². The minimum atomic E-state index is -4.74. The highest BCUT2D eigenvalue weighted by Crippen LogP contribution is 2.56. The van der Waals surface area contributed by atoms with Crippen LogP contribution in [0.4, 0.5) is 19.0 Å². The van der Waals surface area contributed by atoms with E-state index in [4.69, 9.17) is 9.47 Å². The third kappa shape index (κ3) is 12.2. The van der Waals surface area contributed by atoms with Crippen LogP contribution in [0.5, 0.6) is 5.75 Å². The average Bonchev–Trinajstić information content (AvgIpc) is 3.96. The minimum Gasteiger partial charge on any atom is -0.489 e. The summed E-state index contributed by atoms with van der Waals surface area (Å²) in [5, 5.41) is 28.5. The van der Waals surface area contributed by atoms with Gasteiger partial charge in [-0.3, -0.25) is 33.8 Å². The van der Waals surface area contributed by atoms with Crippen molar-refractivity contribution < 1.29 is 51.7 Å². The monoisotopic (exact) mass is 1030 g/mol. The summed E-state index contributed by atoms with van der Waals surface area (Å²) < 4.78 is 52.7. The number of nitriles is 1. The maximum Gasteiger partial charge on any atom is 0.417 e. The van der Waals surface area contributed by atoms with Crippen LogP contribution < -0.4 is 25.6 Å². The number of aromatic nitrogens is 2. The fourth-order valence-electron chi connectivity index (χ4n) is 10.3. The predicted molar refractivity (Wildman–Crippen MR) is 265 cm³/mol. The van der Waals surface area contributed by atoms with Gasteiger partial charge in [-0.15, -0.1) is 11.3 Å². The summed E-state index contributed by atoms with van der Waals surface area (Å²) in [5.41, 5.74) is 1.10. The van der Waals surface area contributed by atoms with E-state index in [0.717, 1.165) is 33.8 Å². The van der Waals surface area contributed by atoms with Gasteiger partial charge in [0.05, 0.1) is 58.1 Å². The predicted octanol–water partition coefficient (Wildman–Crippen LogP) is 5.49. The minimum absolute atomic E-state index is 0.0375. The zero-order valence-corrected chi connectivity index (χ0v) is 42.9. The Labute approximate surface area is 426 Å². The van der Waals surface area contributed by atoms with Gasteiger partial charge in [0, 0.05) is 62.2 Å². The van der Waals surface area contributed by atoms with Gasteiger partial charge >= 0.3 is 6.18 Å². The van der Waals surface area contributed by atoms with Gasteiger partial charge in [0.25, 0.3) is 5.91 Å². The molecule has 2 aromatic heterocycles. The number of hydrogen-bond donors (Lipinski definition) is 4. The second kappa shape index (κ2) is 21.5. The van der Waals surface area contributed by atoms with Crippen LogP contribution in [-0.4, -0.2) is 131 Å². The maximum atomic E-state index is 14.1. The van der Waals surface area contributed by atoms with E-state index in [9.17, 15) is 47.5 Å². The number of alkyl halides is 3. The van der Waals surface area contributed by atoms with Gasteiger partial charge in [0.2, 0.25) is 23.6 Å². The topological polar surface area (TPSA) is 219 Å². The number of rotatable bonds is 16. The number of amides is 5. The molecule has 7 rings (SSSR count). The molecule has 0 bridgehead atoms. The Bertz CT molecular complexity index is 2720. The third-order valence-corrected chi connectivity index (χ3v) is 14.8. The van der Waals surface area contributed by atoms with Crippen molar-refractivity contribution in [1.29, 1.82) is 5.26 Å². The Kier molecular flexibility index (Phi) is 16.0. The first-order valence-electron chi connectivity index (χ1n) is 24.0. The van der Waals surface area contributed by atoms with Gasteiger partial charge in [-0.1, -0.05) is 72.7 Å². The van der Waals surface area contributed by atoms with Crippen LogP contribution in [0, 0.1) is 34.5 Å². The largest absolute Gasteiger partial charge is 0.489 e. The van der Waals surface area contributed by atoms with Crippen LogP contribution in [0.25, 0.3) is 10.4 Å². The molecule has 4 N–H and O–H groups in total. The lowest BCUT2D eigenvalue weighted by Crippen LogP contribution is -2.74. The molecule has 5 amide bonds. The molecular formula is C52H62F3N9O8S. The number of thiazole rings is 1. The summed E-state index contributed by atoms with van der Waals surface area (Å²) in [5.74, 6) is -1.79. The molecule has 1 saturated carbocycles. The van der Waals surface area contributed by atoms with Crippen molar-refractivity contribution in [2.75, 3.05) is 50.8 Å². The number of pyridine rings is 1. The molecule has 73 heavy (non-hydrogen) atoms. The molecule has 4 heterocycles. The van der Waals surface area contributed by atoms with E-state index in [0.29, 0.717) is 25.5 Å². The average molecular weight is 1030 g/mol. The highest BCUT2D eigenvalue weighted by molar-refractivity contribution is 7.13. The van der Waals surface area contributed by atoms with Gasteiger partial charge in [-0.25, -0.2) is 9.97 Å². The summed E-state index contributed by atoms with van der Waals surface area (Å²) in [7, 11) is 0. The fourth-order valence-corrected chi connectivity index (χ4v) is 11.1. The number of aliphatic hydroxyl groups is 1. The van der Waals surface area contributed by atoms with E-state index in [1.807, 2.05) is 63.8 Å². The Hall–Kier alpha value is -6.47. The number of ether oxygens (including phenoxy) is 2. The number of hydrogen-bond acceptors (Lipinski definition) is 13. The molecule has 2 aliphatic heterocycles. The first kappa shape index (κ1) is 54.3. The Balaban J connectivity index is 0.844. The highest BCUT2D eigenvalue weighted by atomic mass is 32.1. The molecule has 1 unspecified atom stereocenters. The van der Waals surface area contributed by atoms with E-state index < -0.39 is 87.5 Å². The number of carbonyl (C=O) groups excluding carboxylic acids is 5. The van der Waals surface area contributed by atoms with Crippen LogP contribution in [0.1, 0.15) is 87.6 Å². The second-order valence-electron chi connectivity index (χ2n) is 21.1. The number of piperazine rings is 1. The molecule has 0 spiro atoms. The first-order chi connectivity index (χ1) is 34.3. The molecule has 3 atom stereocenters. The van der Waals surface area contributed by atoms with Crippen LogP contribution in [0.15, 0.2) is 66.3 Å². The van der Waals surface area contributed by atoms with E-state index in [1.54, 1.807) is 55.8 Å². The number of aliphatic hydroxyl groups excluding tert-OH is 1. The SMILES string of the molecule is Cc1ncsc1-c1ccc(CNC(=O)[C@@H]2C[C@@H](O)CN2C(=O)C(NC(=O)COCCN2CCN(c3ccc(C(=O)NC4C(C)(C)C(Oc5ccc(C#N)c(C(F)(F)F)c5)C4(C)C)cn3)C(=O)C2)C(C)(C)C)cc1. The molecule has 3 fully saturated rings. The molecule has 0 radical (unpaired) electrons. The Morgan fingerprint density at radius 3 is 2.32 bits per heavy atom. The zero-order chi connectivity index (χ0) is 53.2. The van der Waals surface area contributed by atoms with Crippen molar-refractivity contribution in [3.8, 4) is 22.3 Å². The molecule has 2 aromatic carbocycles. The number of carbonyl (C=O) groups is 5. The smallest absolute Gasteiger partial charge is 0.417 e. The van der Waals surface area contributed by atoms with Crippen molar-refractivity contribution in [2.45, 2.75) is 105 Å². The molecule has 390 valence electrons. The van der Waals surface area contributed by atoms with Crippen molar-refractivity contribution >= 4 is 46.7 Å². The van der Waals surface area contributed by atoms with Crippen LogP contribution in [0.3, 0.4) is 0 Å². The number of aryl methyl sites for hydroxylation is 1. The summed E-state index contributed by atoms with van der Waals surface area (Å²) in [4.78, 5) is 82.0. The lowest BCUT2D eigenvalue weighted by Gasteiger charge is -2.63. The number of β-amino-alcohol motifs (C(OH)–C–C–N with tert-alkyl or cyclic N) is 1. The van der Waals surface area contributed by atoms with E-state index in [-0.39, 0.29) is 56.5 Å². The fraction of sp³-hybridized carbons (Fsp3) is 0.500. The normalized spacial score (nSPS) is 21.2. The maximum absolute atomic E-state index is 14.1.